The van der Waals surface area contributed by atoms with Crippen LogP contribution in [-0.2, 0) is 4.79 Å². The van der Waals surface area contributed by atoms with Gasteiger partial charge in [-0.15, -0.1) is 0 Å². The molecule has 0 atom stereocenters. The van der Waals surface area contributed by atoms with Gasteiger partial charge in [0, 0.05) is 21.0 Å². The molecule has 0 saturated carbocycles. The number of thiazole rings is 1. The Morgan fingerprint density at radius 2 is 1.96 bits per heavy atom. The molecule has 0 unspecified atom stereocenters. The van der Waals surface area contributed by atoms with Gasteiger partial charge in [-0.25, -0.2) is 4.99 Å². The molecule has 1 amide bonds. The van der Waals surface area contributed by atoms with Crippen molar-refractivity contribution in [1.29, 1.82) is 0 Å². The van der Waals surface area contributed by atoms with Gasteiger partial charge in [-0.05, 0) is 36.4 Å². The average Bonchev–Trinajstić information content (AvgIpc) is 2.94. The quantitative estimate of drug-likeness (QED) is 0.633. The van der Waals surface area contributed by atoms with Crippen molar-refractivity contribution < 1.29 is 4.79 Å². The zero-order chi connectivity index (χ0) is 18.1. The Kier molecular flexibility index (Phi) is 4.40. The molecule has 4 rings (SSSR count). The van der Waals surface area contributed by atoms with Gasteiger partial charge < -0.3 is 5.32 Å². The third kappa shape index (κ3) is 3.44. The van der Waals surface area contributed by atoms with Gasteiger partial charge in [0.05, 0.1) is 10.2 Å². The van der Waals surface area contributed by atoms with E-state index in [4.69, 9.17) is 0 Å². The Bertz CT molecular complexity index is 1220. The molecule has 5 nitrogen and oxygen atoms in total. The number of rotatable bonds is 3. The number of fused-ring (bicyclic) bond motifs is 1. The molecule has 26 heavy (non-hydrogen) atoms. The molecular weight excluding hydrogens is 414 g/mol. The molecule has 1 aromatic heterocycles. The highest BCUT2D eigenvalue weighted by molar-refractivity contribution is 9.10. The summed E-state index contributed by atoms with van der Waals surface area (Å²) in [5.41, 5.74) is 1.26. The number of hydrogen-bond acceptors (Lipinski definition) is 4. The summed E-state index contributed by atoms with van der Waals surface area (Å²) in [5.74, 6) is 0.226. The molecule has 1 aliphatic rings. The number of halogens is 1. The van der Waals surface area contributed by atoms with E-state index in [2.05, 4.69) is 31.2 Å². The van der Waals surface area contributed by atoms with E-state index in [1.165, 1.54) is 0 Å². The molecule has 0 bridgehead atoms. The minimum Gasteiger partial charge on any atom is -0.340 e. The lowest BCUT2D eigenvalue weighted by Gasteiger charge is -2.07. The molecule has 128 valence electrons. The SMILES string of the molecule is O=C1N=c2ccccc2=C/C1=C\c1sc(=O)[nH]c1Nc1cccc(Br)c1. The molecule has 2 heterocycles. The van der Waals surface area contributed by atoms with Crippen molar-refractivity contribution in [3.8, 4) is 0 Å². The molecule has 0 radical (unpaired) electrons. The van der Waals surface area contributed by atoms with Crippen molar-refractivity contribution in [2.45, 2.75) is 0 Å². The van der Waals surface area contributed by atoms with Crippen molar-refractivity contribution in [3.63, 3.8) is 0 Å². The first-order valence-corrected chi connectivity index (χ1v) is 9.37. The van der Waals surface area contributed by atoms with Gasteiger partial charge in [-0.2, -0.15) is 0 Å². The number of nitrogens with one attached hydrogen (secondary N) is 2. The predicted octanol–water partition coefficient (Wildman–Crippen LogP) is 2.97. The zero-order valence-electron chi connectivity index (χ0n) is 13.3. The van der Waals surface area contributed by atoms with Crippen molar-refractivity contribution in [2.24, 2.45) is 4.99 Å². The van der Waals surface area contributed by atoms with Crippen molar-refractivity contribution >= 4 is 56.8 Å². The van der Waals surface area contributed by atoms with Crippen LogP contribution in [0, 0.1) is 0 Å². The topological polar surface area (TPSA) is 74.3 Å². The van der Waals surface area contributed by atoms with Crippen LogP contribution in [0.25, 0.3) is 12.2 Å². The number of nitrogens with zero attached hydrogens (tertiary/aromatic N) is 1. The second-order valence-electron chi connectivity index (χ2n) is 5.61. The minimum atomic E-state index is -0.321. The first kappa shape index (κ1) is 16.7. The Morgan fingerprint density at radius 3 is 2.81 bits per heavy atom. The van der Waals surface area contributed by atoms with Crippen molar-refractivity contribution in [2.75, 3.05) is 5.32 Å². The summed E-state index contributed by atoms with van der Waals surface area (Å²) in [4.78, 5) is 31.5. The number of aromatic nitrogens is 1. The van der Waals surface area contributed by atoms with Gasteiger partial charge >= 0.3 is 4.87 Å². The summed E-state index contributed by atoms with van der Waals surface area (Å²) in [6.45, 7) is 0. The van der Waals surface area contributed by atoms with Gasteiger partial charge in [0.25, 0.3) is 5.91 Å². The standard InChI is InChI=1S/C19H12BrN3O2S/c20-13-5-3-6-14(10-13)21-17-16(26-19(25)23-17)9-12-8-11-4-1-2-7-15(11)22-18(12)24/h1-10,21H,(H,23,25)/b12-9+. The number of amides is 1. The van der Waals surface area contributed by atoms with Gasteiger partial charge in [-0.3, -0.25) is 14.6 Å². The lowest BCUT2D eigenvalue weighted by Crippen LogP contribution is -2.29. The lowest BCUT2D eigenvalue weighted by molar-refractivity contribution is -0.114. The van der Waals surface area contributed by atoms with Gasteiger partial charge in [0.15, 0.2) is 0 Å². The van der Waals surface area contributed by atoms with E-state index in [1.54, 1.807) is 18.2 Å². The van der Waals surface area contributed by atoms with E-state index in [0.717, 1.165) is 26.7 Å². The monoisotopic (exact) mass is 425 g/mol. The Balaban J connectivity index is 1.75. The fourth-order valence-corrected chi connectivity index (χ4v) is 3.75. The van der Waals surface area contributed by atoms with Crippen LogP contribution in [0.5, 0.6) is 0 Å². The highest BCUT2D eigenvalue weighted by Crippen LogP contribution is 2.25. The molecule has 0 saturated heterocycles. The van der Waals surface area contributed by atoms with Crippen LogP contribution in [0.2, 0.25) is 0 Å². The Hall–Kier alpha value is -2.77. The maximum absolute atomic E-state index is 12.3. The van der Waals surface area contributed by atoms with Gasteiger partial charge in [0.2, 0.25) is 0 Å². The van der Waals surface area contributed by atoms with Crippen molar-refractivity contribution in [3.05, 3.63) is 83.7 Å². The second-order valence-corrected chi connectivity index (χ2v) is 7.54. The highest BCUT2D eigenvalue weighted by atomic mass is 79.9. The van der Waals surface area contributed by atoms with Crippen LogP contribution in [0.1, 0.15) is 4.88 Å². The normalized spacial score (nSPS) is 14.5. The minimum absolute atomic E-state index is 0.199. The molecule has 2 N–H and O–H groups in total. The first-order chi connectivity index (χ1) is 12.6. The van der Waals surface area contributed by atoms with E-state index in [-0.39, 0.29) is 10.8 Å². The van der Waals surface area contributed by atoms with Crippen LogP contribution < -0.4 is 20.8 Å². The summed E-state index contributed by atoms with van der Waals surface area (Å²) in [6, 6.07) is 15.0. The Labute approximate surface area is 160 Å². The third-order valence-electron chi connectivity index (χ3n) is 3.77. The Morgan fingerprint density at radius 1 is 1.12 bits per heavy atom. The van der Waals surface area contributed by atoms with Crippen molar-refractivity contribution in [1.82, 2.24) is 4.98 Å². The zero-order valence-corrected chi connectivity index (χ0v) is 15.7. The number of para-hydroxylation sites is 1. The van der Waals surface area contributed by atoms with Crippen LogP contribution >= 0.6 is 27.3 Å². The molecule has 0 aliphatic carbocycles. The number of H-pyrrole nitrogens is 1. The third-order valence-corrected chi connectivity index (χ3v) is 5.10. The summed E-state index contributed by atoms with van der Waals surface area (Å²) in [6.07, 6.45) is 3.47. The smallest absolute Gasteiger partial charge is 0.306 e. The largest absolute Gasteiger partial charge is 0.340 e. The molecular formula is C19H12BrN3O2S. The molecule has 3 aromatic rings. The fraction of sp³-hybridized carbons (Fsp3) is 0. The number of hydrogen-bond donors (Lipinski definition) is 2. The summed E-state index contributed by atoms with van der Waals surface area (Å²) < 4.78 is 0.922. The van der Waals surface area contributed by atoms with Gasteiger partial charge in [0.1, 0.15) is 5.82 Å². The number of anilines is 2. The van der Waals surface area contributed by atoms with E-state index >= 15 is 0 Å². The molecule has 1 aliphatic heterocycles. The number of aromatic amines is 1. The van der Waals surface area contributed by atoms with Crippen LogP contribution in [0.15, 0.2) is 68.4 Å². The summed E-state index contributed by atoms with van der Waals surface area (Å²) >= 11 is 4.46. The van der Waals surface area contributed by atoms with E-state index in [9.17, 15) is 9.59 Å². The van der Waals surface area contributed by atoms with Crippen LogP contribution in [0.4, 0.5) is 11.5 Å². The number of carbonyl (C=O) groups excluding carboxylic acids is 1. The van der Waals surface area contributed by atoms with Crippen LogP contribution in [-0.4, -0.2) is 10.9 Å². The van der Waals surface area contributed by atoms with E-state index in [1.807, 2.05) is 42.5 Å². The van der Waals surface area contributed by atoms with Crippen LogP contribution in [0.3, 0.4) is 0 Å². The average molecular weight is 426 g/mol. The fourth-order valence-electron chi connectivity index (χ4n) is 2.60. The maximum atomic E-state index is 12.3. The lowest BCUT2D eigenvalue weighted by atomic mass is 10.1. The van der Waals surface area contributed by atoms with Gasteiger partial charge in [-0.1, -0.05) is 51.5 Å². The molecule has 0 spiro atoms. The van der Waals surface area contributed by atoms with E-state index < -0.39 is 0 Å². The predicted molar refractivity (Wildman–Crippen MR) is 107 cm³/mol. The molecule has 2 aromatic carbocycles. The molecule has 7 heteroatoms. The summed E-state index contributed by atoms with van der Waals surface area (Å²) in [7, 11) is 0. The van der Waals surface area contributed by atoms with E-state index in [0.29, 0.717) is 21.6 Å². The highest BCUT2D eigenvalue weighted by Gasteiger charge is 2.13. The summed E-state index contributed by atoms with van der Waals surface area (Å²) in [5, 5.41) is 4.72. The number of carbonyl (C=O) groups is 1. The second kappa shape index (κ2) is 6.86. The first-order valence-electron chi connectivity index (χ1n) is 7.76. The molecule has 0 fully saturated rings. The maximum Gasteiger partial charge on any atom is 0.306 e. The number of benzene rings is 2.